The fourth-order valence-electron chi connectivity index (χ4n) is 7.45. The minimum atomic E-state index is -4.56. The molecule has 0 aliphatic rings. The fraction of sp³-hybridized carbons (Fsp3) is 0.255. The first-order valence-electron chi connectivity index (χ1n) is 22.5. The molecule has 0 spiro atoms. The zero-order chi connectivity index (χ0) is 53.3. The fourth-order valence-corrected chi connectivity index (χ4v) is 10.9. The summed E-state index contributed by atoms with van der Waals surface area (Å²) in [6.07, 6.45) is 0. The summed E-state index contributed by atoms with van der Waals surface area (Å²) in [5.74, 6) is 0.414. The number of benzene rings is 4. The Morgan fingerprint density at radius 2 is 1.04 bits per heavy atom. The van der Waals surface area contributed by atoms with E-state index >= 15 is 0 Å². The summed E-state index contributed by atoms with van der Waals surface area (Å²) in [6, 6.07) is 23.8. The molecule has 7 aromatic rings. The SMILES string of the molecule is CCN(CC)c1ccc(/N=N/c2snc(-c3ccc(C)c(S(=O)(=O)O)c3)c2C#N)c(Nc2nc(Nc3cc(N(CC)CC)ccc3/N=N/c3snc(-c4ccc(C)c(S(=O)(=O)O)c4)c3C#N)nc(SCCO)n2)c1. The first kappa shape index (κ1) is 54.4. The third-order valence-corrected chi connectivity index (χ3v) is 15.5. The van der Waals surface area contributed by atoms with Gasteiger partial charge in [0.2, 0.25) is 11.9 Å². The standard InChI is InChI=1S/C47H47N15O7S5/c1-7-61(8-2)31-15-17-35(55-57-43-33(25-48)41(59-71-43)29-13-11-27(5)39(21-29)73(64,65)66)37(23-31)50-45-52-46(54-47(53-45)70-20-19-63)51-38-24-32(62(9-3)10-4)16-18-36(38)56-58-44-34(26-49)42(60-72-44)30-14-12-28(6)40(22-30)74(67,68)69/h11-18,21-24,63H,7-10,19-20H2,1-6H3,(H,64,65,66)(H,67,68,69)(H2,50,51,52,53,54)/b57-55+,58-56+. The number of nitriles is 2. The van der Waals surface area contributed by atoms with Gasteiger partial charge in [-0.1, -0.05) is 36.0 Å². The molecule has 0 saturated heterocycles. The number of anilines is 6. The van der Waals surface area contributed by atoms with E-state index in [0.29, 0.717) is 60.1 Å². The summed E-state index contributed by atoms with van der Waals surface area (Å²) >= 11 is 2.95. The van der Waals surface area contributed by atoms with Gasteiger partial charge in [-0.15, -0.1) is 20.5 Å². The molecule has 0 amide bonds. The first-order chi connectivity index (χ1) is 35.4. The van der Waals surface area contributed by atoms with E-state index in [-0.39, 0.29) is 82.8 Å². The summed E-state index contributed by atoms with van der Waals surface area (Å²) in [5.41, 5.74) is 4.78. The zero-order valence-corrected chi connectivity index (χ0v) is 44.6. The summed E-state index contributed by atoms with van der Waals surface area (Å²) < 4.78 is 76.7. The van der Waals surface area contributed by atoms with Crippen molar-refractivity contribution in [1.82, 2.24) is 23.7 Å². The van der Waals surface area contributed by atoms with Gasteiger partial charge < -0.3 is 25.5 Å². The van der Waals surface area contributed by atoms with Crippen LogP contribution in [0.2, 0.25) is 0 Å². The molecule has 3 heterocycles. The molecule has 22 nitrogen and oxygen atoms in total. The molecule has 0 aliphatic heterocycles. The molecule has 5 N–H and O–H groups in total. The molecule has 0 aliphatic carbocycles. The van der Waals surface area contributed by atoms with Gasteiger partial charge in [0.1, 0.15) is 46.0 Å². The average Bonchev–Trinajstić information content (AvgIpc) is 3.99. The summed E-state index contributed by atoms with van der Waals surface area (Å²) in [7, 11) is -9.11. The molecule has 0 unspecified atom stereocenters. The number of nitrogens with zero attached hydrogens (tertiary/aromatic N) is 13. The highest BCUT2D eigenvalue weighted by Gasteiger charge is 2.23. The number of azo groups is 2. The number of aliphatic hydroxyl groups excluding tert-OH is 1. The van der Waals surface area contributed by atoms with Crippen LogP contribution in [0.1, 0.15) is 49.9 Å². The highest BCUT2D eigenvalue weighted by atomic mass is 32.2. The second-order valence-electron chi connectivity index (χ2n) is 15.8. The lowest BCUT2D eigenvalue weighted by atomic mass is 10.1. The molecule has 0 bridgehead atoms. The Kier molecular flexibility index (Phi) is 17.4. The molecule has 74 heavy (non-hydrogen) atoms. The minimum absolute atomic E-state index is 0.0438. The quantitative estimate of drug-likeness (QED) is 0.0254. The van der Waals surface area contributed by atoms with Crippen molar-refractivity contribution < 1.29 is 31.0 Å². The number of nitrogens with one attached hydrogen (secondary N) is 2. The summed E-state index contributed by atoms with van der Waals surface area (Å²) in [6.45, 7) is 13.7. The predicted molar refractivity (Wildman–Crippen MR) is 286 cm³/mol. The lowest BCUT2D eigenvalue weighted by Gasteiger charge is -2.22. The number of aliphatic hydroxyl groups is 1. The Hall–Kier alpha value is -7.34. The van der Waals surface area contributed by atoms with Crippen LogP contribution in [-0.2, 0) is 20.2 Å². The van der Waals surface area contributed by atoms with Crippen LogP contribution in [0.15, 0.2) is 108 Å². The normalized spacial score (nSPS) is 11.8. The molecule has 7 rings (SSSR count). The Labute approximate surface area is 439 Å². The van der Waals surface area contributed by atoms with Gasteiger partial charge in [-0.05, 0) is 124 Å². The molecule has 27 heteroatoms. The number of hydrogen-bond donors (Lipinski definition) is 5. The van der Waals surface area contributed by atoms with Crippen molar-refractivity contribution in [2.24, 2.45) is 20.5 Å². The Balaban J connectivity index is 1.27. The van der Waals surface area contributed by atoms with Crippen molar-refractivity contribution >= 4 is 111 Å². The minimum Gasteiger partial charge on any atom is -0.396 e. The monoisotopic (exact) mass is 1090 g/mol. The summed E-state index contributed by atoms with van der Waals surface area (Å²) in [4.78, 5) is 17.7. The maximum Gasteiger partial charge on any atom is 0.294 e. The van der Waals surface area contributed by atoms with Crippen LogP contribution in [-0.4, -0.2) is 93.3 Å². The smallest absolute Gasteiger partial charge is 0.294 e. The van der Waals surface area contributed by atoms with Crippen LogP contribution < -0.4 is 20.4 Å². The predicted octanol–water partition coefficient (Wildman–Crippen LogP) is 11.1. The first-order valence-corrected chi connectivity index (χ1v) is 28.0. The van der Waals surface area contributed by atoms with Gasteiger partial charge >= 0.3 is 0 Å². The van der Waals surface area contributed by atoms with Gasteiger partial charge in [0, 0.05) is 54.4 Å². The third-order valence-electron chi connectivity index (χ3n) is 11.2. The Morgan fingerprint density at radius 1 is 0.622 bits per heavy atom. The molecule has 382 valence electrons. The molecular formula is C47H47N15O7S5. The largest absolute Gasteiger partial charge is 0.396 e. The number of thioether (sulfide) groups is 1. The lowest BCUT2D eigenvalue weighted by Crippen LogP contribution is -2.21. The second-order valence-corrected chi connectivity index (χ2v) is 21.1. The lowest BCUT2D eigenvalue weighted by molar-refractivity contribution is 0.322. The molecule has 0 saturated carbocycles. The van der Waals surface area contributed by atoms with E-state index in [4.69, 9.17) is 4.98 Å². The maximum absolute atomic E-state index is 12.1. The van der Waals surface area contributed by atoms with Crippen molar-refractivity contribution in [3.8, 4) is 34.7 Å². The van der Waals surface area contributed by atoms with Crippen molar-refractivity contribution in [3.05, 3.63) is 95.1 Å². The van der Waals surface area contributed by atoms with Crippen molar-refractivity contribution in [2.75, 3.05) is 59.0 Å². The van der Waals surface area contributed by atoms with Crippen molar-refractivity contribution in [2.45, 2.75) is 56.5 Å². The highest BCUT2D eigenvalue weighted by molar-refractivity contribution is 7.99. The maximum atomic E-state index is 12.1. The van der Waals surface area contributed by atoms with Gasteiger partial charge in [-0.3, -0.25) is 9.11 Å². The Morgan fingerprint density at radius 3 is 1.41 bits per heavy atom. The van der Waals surface area contributed by atoms with Crippen LogP contribution in [0, 0.1) is 36.5 Å². The topological polar surface area (TPSA) is 321 Å². The zero-order valence-electron chi connectivity index (χ0n) is 40.5. The Bertz CT molecular complexity index is 3380. The number of hydrogen-bond acceptors (Lipinski definition) is 23. The molecule has 0 atom stereocenters. The van der Waals surface area contributed by atoms with E-state index in [9.17, 15) is 41.6 Å². The average molecular weight is 1090 g/mol. The van der Waals surface area contributed by atoms with Crippen LogP contribution in [0.4, 0.5) is 56.0 Å². The number of aromatic nitrogens is 5. The van der Waals surface area contributed by atoms with Gasteiger partial charge in [0.05, 0.1) is 27.8 Å². The molecule has 3 aromatic heterocycles. The highest BCUT2D eigenvalue weighted by Crippen LogP contribution is 2.41. The second kappa shape index (κ2) is 23.7. The van der Waals surface area contributed by atoms with E-state index in [1.165, 1.54) is 49.9 Å². The third kappa shape index (κ3) is 12.5. The van der Waals surface area contributed by atoms with Crippen LogP contribution in [0.3, 0.4) is 0 Å². The molecule has 0 fully saturated rings. The van der Waals surface area contributed by atoms with E-state index in [2.05, 4.69) is 71.7 Å². The summed E-state index contributed by atoms with van der Waals surface area (Å²) in [5, 5.41) is 55.3. The van der Waals surface area contributed by atoms with Crippen LogP contribution in [0.5, 0.6) is 0 Å². The van der Waals surface area contributed by atoms with E-state index in [1.54, 1.807) is 24.3 Å². The van der Waals surface area contributed by atoms with E-state index in [0.717, 1.165) is 34.4 Å². The molecular weight excluding hydrogens is 1050 g/mol. The van der Waals surface area contributed by atoms with Gasteiger partial charge in [0.15, 0.2) is 15.2 Å². The van der Waals surface area contributed by atoms with Crippen LogP contribution in [0.25, 0.3) is 22.5 Å². The van der Waals surface area contributed by atoms with E-state index in [1.807, 2.05) is 52.0 Å². The van der Waals surface area contributed by atoms with Crippen molar-refractivity contribution in [1.29, 1.82) is 10.5 Å². The molecule has 4 aromatic carbocycles. The van der Waals surface area contributed by atoms with Gasteiger partial charge in [0.25, 0.3) is 20.2 Å². The molecule has 0 radical (unpaired) electrons. The van der Waals surface area contributed by atoms with E-state index < -0.39 is 20.2 Å². The van der Waals surface area contributed by atoms with Crippen molar-refractivity contribution in [3.63, 3.8) is 0 Å². The van der Waals surface area contributed by atoms with Gasteiger partial charge in [-0.25, -0.2) is 0 Å². The van der Waals surface area contributed by atoms with Crippen LogP contribution >= 0.6 is 34.8 Å². The number of rotatable bonds is 21. The number of aryl methyl sites for hydroxylation is 2. The van der Waals surface area contributed by atoms with Gasteiger partial charge in [-0.2, -0.15) is 51.1 Å².